The Morgan fingerprint density at radius 1 is 1.23 bits per heavy atom. The normalized spacial score (nSPS) is 15.6. The maximum absolute atomic E-state index is 13.9. The van der Waals surface area contributed by atoms with E-state index < -0.39 is 11.8 Å². The van der Waals surface area contributed by atoms with Crippen molar-refractivity contribution in [2.75, 3.05) is 5.32 Å². The summed E-state index contributed by atoms with van der Waals surface area (Å²) in [4.78, 5) is 25.4. The molecular formula is C23H20FNO4S. The fourth-order valence-electron chi connectivity index (χ4n) is 3.74. The Bertz CT molecular complexity index is 1140. The molecule has 154 valence electrons. The molecule has 0 unspecified atom stereocenters. The van der Waals surface area contributed by atoms with Crippen LogP contribution in [-0.4, -0.2) is 23.1 Å². The Labute approximate surface area is 177 Å². The second-order valence-electron chi connectivity index (χ2n) is 7.37. The number of halogens is 1. The Kier molecular flexibility index (Phi) is 5.30. The lowest BCUT2D eigenvalue weighted by Gasteiger charge is -2.26. The molecule has 1 aromatic heterocycles. The molecule has 0 saturated carbocycles. The van der Waals surface area contributed by atoms with Gasteiger partial charge in [0.15, 0.2) is 0 Å². The number of hydrogen-bond acceptors (Lipinski definition) is 4. The molecule has 2 aromatic carbocycles. The number of ether oxygens (including phenoxy) is 1. The molecule has 5 nitrogen and oxygen atoms in total. The van der Waals surface area contributed by atoms with E-state index in [1.807, 2.05) is 38.1 Å². The number of carboxylic acid groups (broad SMARTS) is 1. The van der Waals surface area contributed by atoms with Crippen molar-refractivity contribution < 1.29 is 23.8 Å². The minimum Gasteiger partial charge on any atom is -0.491 e. The highest BCUT2D eigenvalue weighted by Crippen LogP contribution is 2.50. The highest BCUT2D eigenvalue weighted by molar-refractivity contribution is 7.15. The fourth-order valence-corrected chi connectivity index (χ4v) is 4.97. The number of amides is 1. The van der Waals surface area contributed by atoms with Crippen LogP contribution in [0.4, 0.5) is 10.1 Å². The number of hydrogen-bond donors (Lipinski definition) is 2. The Hall–Kier alpha value is -3.19. The van der Waals surface area contributed by atoms with Crippen molar-refractivity contribution in [1.29, 1.82) is 0 Å². The molecular weight excluding hydrogens is 405 g/mol. The van der Waals surface area contributed by atoms with Gasteiger partial charge in [0.1, 0.15) is 16.4 Å². The van der Waals surface area contributed by atoms with Crippen molar-refractivity contribution >= 4 is 28.9 Å². The maximum Gasteiger partial charge on any atom is 0.346 e. The largest absolute Gasteiger partial charge is 0.491 e. The summed E-state index contributed by atoms with van der Waals surface area (Å²) in [5.41, 5.74) is 2.01. The minimum atomic E-state index is -1.12. The predicted molar refractivity (Wildman–Crippen MR) is 114 cm³/mol. The van der Waals surface area contributed by atoms with Gasteiger partial charge in [-0.2, -0.15) is 0 Å². The van der Waals surface area contributed by atoms with Crippen LogP contribution < -0.4 is 10.1 Å². The smallest absolute Gasteiger partial charge is 0.346 e. The van der Waals surface area contributed by atoms with Crippen LogP contribution in [0, 0.1) is 5.82 Å². The van der Waals surface area contributed by atoms with E-state index in [1.54, 1.807) is 6.07 Å². The molecule has 7 heteroatoms. The van der Waals surface area contributed by atoms with Crippen LogP contribution >= 0.6 is 11.3 Å². The Balaban J connectivity index is 1.93. The average Bonchev–Trinajstić information content (AvgIpc) is 3.07. The van der Waals surface area contributed by atoms with Crippen LogP contribution in [0.2, 0.25) is 0 Å². The van der Waals surface area contributed by atoms with Gasteiger partial charge in [0.05, 0.1) is 11.8 Å². The molecule has 0 radical (unpaired) electrons. The summed E-state index contributed by atoms with van der Waals surface area (Å²) in [5.74, 6) is -1.50. The summed E-state index contributed by atoms with van der Waals surface area (Å²) in [6.07, 6.45) is 0.122. The molecule has 1 atom stereocenters. The number of carbonyl (C=O) groups excluding carboxylic acids is 1. The molecule has 0 saturated heterocycles. The van der Waals surface area contributed by atoms with E-state index in [0.29, 0.717) is 22.6 Å². The zero-order chi connectivity index (χ0) is 21.4. The van der Waals surface area contributed by atoms with Crippen LogP contribution in [0.5, 0.6) is 5.75 Å². The summed E-state index contributed by atoms with van der Waals surface area (Å²) < 4.78 is 19.8. The number of thiophene rings is 1. The Morgan fingerprint density at radius 3 is 2.70 bits per heavy atom. The van der Waals surface area contributed by atoms with Crippen molar-refractivity contribution in [3.63, 3.8) is 0 Å². The molecule has 1 aliphatic heterocycles. The molecule has 1 aliphatic rings. The van der Waals surface area contributed by atoms with Gasteiger partial charge in [-0.25, -0.2) is 9.18 Å². The van der Waals surface area contributed by atoms with Gasteiger partial charge in [0.25, 0.3) is 0 Å². The van der Waals surface area contributed by atoms with Crippen LogP contribution in [0.3, 0.4) is 0 Å². The van der Waals surface area contributed by atoms with Crippen molar-refractivity contribution in [1.82, 2.24) is 0 Å². The van der Waals surface area contributed by atoms with Gasteiger partial charge >= 0.3 is 5.97 Å². The van der Waals surface area contributed by atoms with Crippen molar-refractivity contribution in [2.45, 2.75) is 32.3 Å². The summed E-state index contributed by atoms with van der Waals surface area (Å²) >= 11 is 1.11. The molecule has 0 fully saturated rings. The molecule has 2 heterocycles. The topological polar surface area (TPSA) is 75.6 Å². The van der Waals surface area contributed by atoms with E-state index in [-0.39, 0.29) is 29.2 Å². The van der Waals surface area contributed by atoms with Crippen molar-refractivity contribution in [2.24, 2.45) is 0 Å². The number of rotatable bonds is 5. The first-order valence-electron chi connectivity index (χ1n) is 9.56. The summed E-state index contributed by atoms with van der Waals surface area (Å²) in [6.45, 7) is 3.84. The number of para-hydroxylation sites is 1. The SMILES string of the molecule is CC(C)Oc1ccccc1[C@@H]1CC(=O)Nc2c1sc(C(=O)O)c2-c1cccc(F)c1. The first-order valence-corrected chi connectivity index (χ1v) is 10.4. The third-order valence-corrected chi connectivity index (χ3v) is 6.16. The van der Waals surface area contributed by atoms with Crippen LogP contribution in [-0.2, 0) is 4.79 Å². The van der Waals surface area contributed by atoms with Gasteiger partial charge in [-0.05, 0) is 37.6 Å². The fraction of sp³-hybridized carbons (Fsp3) is 0.217. The van der Waals surface area contributed by atoms with Crippen molar-refractivity contribution in [3.8, 4) is 16.9 Å². The number of carboxylic acids is 1. The highest BCUT2D eigenvalue weighted by Gasteiger charge is 2.35. The van der Waals surface area contributed by atoms with Gasteiger partial charge in [0, 0.05) is 28.3 Å². The minimum absolute atomic E-state index is 0.0520. The molecule has 0 spiro atoms. The quantitative estimate of drug-likeness (QED) is 0.565. The van der Waals surface area contributed by atoms with Gasteiger partial charge in [-0.15, -0.1) is 11.3 Å². The monoisotopic (exact) mass is 425 g/mol. The molecule has 2 N–H and O–H groups in total. The highest BCUT2D eigenvalue weighted by atomic mass is 32.1. The van der Waals surface area contributed by atoms with Crippen LogP contribution in [0.1, 0.15) is 46.3 Å². The number of anilines is 1. The van der Waals surface area contributed by atoms with E-state index >= 15 is 0 Å². The number of aromatic carboxylic acids is 1. The molecule has 4 rings (SSSR count). The van der Waals surface area contributed by atoms with Gasteiger partial charge in [-0.3, -0.25) is 4.79 Å². The molecule has 0 aliphatic carbocycles. The summed E-state index contributed by atoms with van der Waals surface area (Å²) in [5, 5.41) is 12.6. The third kappa shape index (κ3) is 3.68. The molecule has 0 bridgehead atoms. The van der Waals surface area contributed by atoms with Gasteiger partial charge in [0.2, 0.25) is 5.91 Å². The lowest BCUT2D eigenvalue weighted by molar-refractivity contribution is -0.116. The zero-order valence-corrected chi connectivity index (χ0v) is 17.3. The lowest BCUT2D eigenvalue weighted by Crippen LogP contribution is -2.23. The van der Waals surface area contributed by atoms with Gasteiger partial charge < -0.3 is 15.2 Å². The number of nitrogens with one attached hydrogen (secondary N) is 1. The standard InChI is InChI=1S/C23H20FNO4S/c1-12(2)29-17-9-4-3-8-15(17)16-11-18(26)25-20-19(13-6-5-7-14(24)10-13)22(23(27)28)30-21(16)20/h3-10,12,16H,11H2,1-2H3,(H,25,26)(H,27,28)/t16-/m0/s1. The zero-order valence-electron chi connectivity index (χ0n) is 16.4. The molecule has 1 amide bonds. The summed E-state index contributed by atoms with van der Waals surface area (Å²) in [7, 11) is 0. The van der Waals surface area contributed by atoms with E-state index in [9.17, 15) is 19.1 Å². The number of carbonyl (C=O) groups is 2. The predicted octanol–water partition coefficient (Wildman–Crippen LogP) is 5.51. The molecule has 3 aromatic rings. The third-order valence-electron chi connectivity index (χ3n) is 4.87. The van der Waals surface area contributed by atoms with E-state index in [4.69, 9.17) is 4.74 Å². The first-order chi connectivity index (χ1) is 14.3. The molecule has 30 heavy (non-hydrogen) atoms. The second-order valence-corrected chi connectivity index (χ2v) is 8.42. The second kappa shape index (κ2) is 7.91. The first kappa shape index (κ1) is 20.1. The number of fused-ring (bicyclic) bond motifs is 1. The Morgan fingerprint density at radius 2 is 2.00 bits per heavy atom. The lowest BCUT2D eigenvalue weighted by atomic mass is 9.88. The van der Waals surface area contributed by atoms with E-state index in [1.165, 1.54) is 18.2 Å². The van der Waals surface area contributed by atoms with Crippen LogP contribution in [0.25, 0.3) is 11.1 Å². The summed E-state index contributed by atoms with van der Waals surface area (Å²) in [6, 6.07) is 13.2. The number of benzene rings is 2. The maximum atomic E-state index is 13.9. The average molecular weight is 425 g/mol. The van der Waals surface area contributed by atoms with Crippen LogP contribution in [0.15, 0.2) is 48.5 Å². The van der Waals surface area contributed by atoms with E-state index in [0.717, 1.165) is 21.8 Å². The van der Waals surface area contributed by atoms with Gasteiger partial charge in [-0.1, -0.05) is 30.3 Å². The van der Waals surface area contributed by atoms with E-state index in [2.05, 4.69) is 5.32 Å². The van der Waals surface area contributed by atoms with Crippen molar-refractivity contribution in [3.05, 3.63) is 69.7 Å².